The van der Waals surface area contributed by atoms with Gasteiger partial charge in [-0.15, -0.1) is 0 Å². The smallest absolute Gasteiger partial charge is 0.225 e. The van der Waals surface area contributed by atoms with Gasteiger partial charge in [0.1, 0.15) is 18.0 Å². The fraction of sp³-hybridized carbons (Fsp3) is 0.238. The van der Waals surface area contributed by atoms with Gasteiger partial charge in [-0.1, -0.05) is 23.7 Å². The number of rotatable bonds is 5. The van der Waals surface area contributed by atoms with E-state index < -0.39 is 0 Å². The zero-order valence-electron chi connectivity index (χ0n) is 15.0. The summed E-state index contributed by atoms with van der Waals surface area (Å²) in [6.45, 7) is 5.07. The molecule has 3 aromatic rings. The van der Waals surface area contributed by atoms with Gasteiger partial charge in [-0.3, -0.25) is 0 Å². The average molecular weight is 382 g/mol. The van der Waals surface area contributed by atoms with Crippen LogP contribution in [0.15, 0.2) is 67.0 Å². The van der Waals surface area contributed by atoms with Crippen molar-refractivity contribution in [2.45, 2.75) is 6.54 Å². The summed E-state index contributed by atoms with van der Waals surface area (Å²) in [5.74, 6) is 2.47. The quantitative estimate of drug-likeness (QED) is 0.738. The van der Waals surface area contributed by atoms with Gasteiger partial charge in [-0.25, -0.2) is 9.97 Å². The Labute approximate surface area is 164 Å². The van der Waals surface area contributed by atoms with Crippen molar-refractivity contribution in [1.29, 1.82) is 0 Å². The van der Waals surface area contributed by atoms with Gasteiger partial charge in [-0.2, -0.15) is 0 Å². The van der Waals surface area contributed by atoms with E-state index >= 15 is 0 Å². The van der Waals surface area contributed by atoms with Crippen molar-refractivity contribution >= 4 is 17.5 Å². The van der Waals surface area contributed by atoms with Gasteiger partial charge >= 0.3 is 0 Å². The van der Waals surface area contributed by atoms with Crippen LogP contribution >= 0.6 is 11.6 Å². The molecule has 1 aliphatic heterocycles. The van der Waals surface area contributed by atoms with Gasteiger partial charge in [0, 0.05) is 23.0 Å². The number of hydrogen-bond acceptors (Lipinski definition) is 4. The molecule has 1 saturated heterocycles. The lowest BCUT2D eigenvalue weighted by atomic mass is 10.2. The lowest BCUT2D eigenvalue weighted by Crippen LogP contribution is -3.13. The minimum Gasteiger partial charge on any atom is -0.457 e. The van der Waals surface area contributed by atoms with Crippen molar-refractivity contribution in [1.82, 2.24) is 9.97 Å². The number of benzene rings is 2. The highest BCUT2D eigenvalue weighted by Crippen LogP contribution is 2.23. The van der Waals surface area contributed by atoms with E-state index in [1.165, 1.54) is 5.56 Å². The Bertz CT molecular complexity index is 865. The van der Waals surface area contributed by atoms with Crippen LogP contribution in [0.4, 0.5) is 5.95 Å². The first kappa shape index (κ1) is 17.8. The molecule has 1 N–H and O–H groups in total. The molecule has 1 aliphatic rings. The summed E-state index contributed by atoms with van der Waals surface area (Å²) in [5, 5.41) is 0.708. The normalized spacial score (nSPS) is 14.9. The number of hydrogen-bond donors (Lipinski definition) is 1. The Morgan fingerprint density at radius 3 is 2.41 bits per heavy atom. The van der Waals surface area contributed by atoms with Crippen molar-refractivity contribution in [3.05, 3.63) is 77.6 Å². The van der Waals surface area contributed by atoms with E-state index in [2.05, 4.69) is 27.0 Å². The predicted molar refractivity (Wildman–Crippen MR) is 107 cm³/mol. The van der Waals surface area contributed by atoms with Gasteiger partial charge in [0.15, 0.2) is 0 Å². The molecule has 0 atom stereocenters. The Morgan fingerprint density at radius 1 is 0.926 bits per heavy atom. The number of halogens is 1. The van der Waals surface area contributed by atoms with E-state index in [0.29, 0.717) is 5.02 Å². The molecule has 6 heteroatoms. The molecule has 0 unspecified atom stereocenters. The number of piperazine rings is 1. The standard InChI is InChI=1S/C21H21ClN4O/c22-18-5-7-19(8-6-18)27-20-4-1-3-17(15-20)16-25-11-13-26(14-12-25)21-23-9-2-10-24-21/h1-10,15H,11-14,16H2/p+1. The maximum Gasteiger partial charge on any atom is 0.225 e. The molecule has 5 nitrogen and oxygen atoms in total. The summed E-state index contributed by atoms with van der Waals surface area (Å²) >= 11 is 5.93. The van der Waals surface area contributed by atoms with E-state index in [-0.39, 0.29) is 0 Å². The second-order valence-electron chi connectivity index (χ2n) is 6.67. The van der Waals surface area contributed by atoms with Crippen LogP contribution in [0.25, 0.3) is 0 Å². The molecule has 1 aromatic heterocycles. The summed E-state index contributed by atoms with van der Waals surface area (Å²) < 4.78 is 5.95. The highest BCUT2D eigenvalue weighted by Gasteiger charge is 2.21. The molecule has 4 rings (SSSR count). The highest BCUT2D eigenvalue weighted by atomic mass is 35.5. The number of nitrogens with zero attached hydrogens (tertiary/aromatic N) is 3. The molecule has 27 heavy (non-hydrogen) atoms. The van der Waals surface area contributed by atoms with E-state index in [9.17, 15) is 0 Å². The first-order valence-electron chi connectivity index (χ1n) is 9.14. The lowest BCUT2D eigenvalue weighted by molar-refractivity contribution is -0.914. The Balaban J connectivity index is 1.34. The van der Waals surface area contributed by atoms with Crippen LogP contribution in [-0.4, -0.2) is 36.1 Å². The largest absolute Gasteiger partial charge is 0.457 e. The van der Waals surface area contributed by atoms with Crippen LogP contribution in [-0.2, 0) is 6.54 Å². The molecular formula is C21H22ClN4O+. The van der Waals surface area contributed by atoms with Crippen LogP contribution in [0.2, 0.25) is 5.02 Å². The maximum absolute atomic E-state index is 5.95. The van der Waals surface area contributed by atoms with Gasteiger partial charge < -0.3 is 14.5 Å². The van der Waals surface area contributed by atoms with Crippen molar-refractivity contribution < 1.29 is 9.64 Å². The number of quaternary nitrogens is 1. The third-order valence-electron chi connectivity index (χ3n) is 4.71. The molecule has 2 heterocycles. The molecule has 0 aliphatic carbocycles. The zero-order chi connectivity index (χ0) is 18.5. The van der Waals surface area contributed by atoms with Crippen LogP contribution in [0.3, 0.4) is 0 Å². The molecule has 0 saturated carbocycles. The maximum atomic E-state index is 5.95. The van der Waals surface area contributed by atoms with E-state index in [0.717, 1.165) is 50.2 Å². The molecule has 0 bridgehead atoms. The first-order chi connectivity index (χ1) is 13.3. The number of aromatic nitrogens is 2. The van der Waals surface area contributed by atoms with Crippen molar-refractivity contribution in [2.75, 3.05) is 31.1 Å². The summed E-state index contributed by atoms with van der Waals surface area (Å²) in [7, 11) is 0. The third kappa shape index (κ3) is 4.76. The molecule has 0 radical (unpaired) electrons. The van der Waals surface area contributed by atoms with Crippen LogP contribution in [0, 0.1) is 0 Å². The molecular weight excluding hydrogens is 360 g/mol. The molecule has 1 fully saturated rings. The molecule has 2 aromatic carbocycles. The van der Waals surface area contributed by atoms with Gasteiger partial charge in [0.25, 0.3) is 0 Å². The average Bonchev–Trinajstić information content (AvgIpc) is 2.71. The van der Waals surface area contributed by atoms with Crippen molar-refractivity contribution in [2.24, 2.45) is 0 Å². The summed E-state index contributed by atoms with van der Waals surface area (Å²) in [4.78, 5) is 12.5. The van der Waals surface area contributed by atoms with Crippen molar-refractivity contribution in [3.63, 3.8) is 0 Å². The number of anilines is 1. The Morgan fingerprint density at radius 2 is 1.67 bits per heavy atom. The number of nitrogens with one attached hydrogen (secondary N) is 1. The second-order valence-corrected chi connectivity index (χ2v) is 7.10. The topological polar surface area (TPSA) is 42.7 Å². The second kappa shape index (κ2) is 8.37. The fourth-order valence-corrected chi connectivity index (χ4v) is 3.43. The minimum atomic E-state index is 0.708. The Kier molecular flexibility index (Phi) is 5.51. The Hall–Kier alpha value is -2.63. The molecule has 0 spiro atoms. The van der Waals surface area contributed by atoms with E-state index in [1.54, 1.807) is 17.3 Å². The van der Waals surface area contributed by atoms with Crippen LogP contribution in [0.5, 0.6) is 11.5 Å². The van der Waals surface area contributed by atoms with Crippen LogP contribution in [0.1, 0.15) is 5.56 Å². The molecule has 138 valence electrons. The molecule has 0 amide bonds. The number of ether oxygens (including phenoxy) is 1. The lowest BCUT2D eigenvalue weighted by Gasteiger charge is -2.32. The van der Waals surface area contributed by atoms with Crippen LogP contribution < -0.4 is 14.5 Å². The SMILES string of the molecule is Clc1ccc(Oc2cccc(C[NH+]3CCN(c4ncccn4)CC3)c2)cc1. The minimum absolute atomic E-state index is 0.708. The zero-order valence-corrected chi connectivity index (χ0v) is 15.8. The van der Waals surface area contributed by atoms with E-state index in [1.807, 2.05) is 42.5 Å². The summed E-state index contributed by atoms with van der Waals surface area (Å²) in [5.41, 5.74) is 1.28. The summed E-state index contributed by atoms with van der Waals surface area (Å²) in [6, 6.07) is 17.6. The van der Waals surface area contributed by atoms with Gasteiger partial charge in [-0.05, 0) is 42.5 Å². The highest BCUT2D eigenvalue weighted by molar-refractivity contribution is 6.30. The summed E-state index contributed by atoms with van der Waals surface area (Å²) in [6.07, 6.45) is 3.60. The monoisotopic (exact) mass is 381 g/mol. The fourth-order valence-electron chi connectivity index (χ4n) is 3.30. The first-order valence-corrected chi connectivity index (χ1v) is 9.52. The van der Waals surface area contributed by atoms with Crippen molar-refractivity contribution in [3.8, 4) is 11.5 Å². The van der Waals surface area contributed by atoms with Gasteiger partial charge in [0.2, 0.25) is 5.95 Å². The van der Waals surface area contributed by atoms with E-state index in [4.69, 9.17) is 16.3 Å². The predicted octanol–water partition coefficient (Wildman–Crippen LogP) is 2.83. The third-order valence-corrected chi connectivity index (χ3v) is 4.96. The van der Waals surface area contributed by atoms with Gasteiger partial charge in [0.05, 0.1) is 26.2 Å².